The molecule has 122 valence electrons. The van der Waals surface area contributed by atoms with Gasteiger partial charge < -0.3 is 5.32 Å². The number of aromatic nitrogens is 1. The maximum Gasteiger partial charge on any atom is 0.202 e. The highest BCUT2D eigenvalue weighted by Gasteiger charge is 2.05. The van der Waals surface area contributed by atoms with Crippen molar-refractivity contribution in [1.82, 2.24) is 10.4 Å². The Hall–Kier alpha value is -2.44. The van der Waals surface area contributed by atoms with Crippen molar-refractivity contribution in [3.8, 4) is 11.3 Å². The second kappa shape index (κ2) is 7.42. The van der Waals surface area contributed by atoms with Crippen molar-refractivity contribution in [3.63, 3.8) is 0 Å². The van der Waals surface area contributed by atoms with E-state index >= 15 is 0 Å². The van der Waals surface area contributed by atoms with Crippen LogP contribution in [0.15, 0.2) is 53.9 Å². The third-order valence-corrected chi connectivity index (χ3v) is 4.67. The molecule has 1 aromatic heterocycles. The maximum absolute atomic E-state index is 5.33. The Labute approximate surface area is 150 Å². The van der Waals surface area contributed by atoms with Gasteiger partial charge in [-0.1, -0.05) is 42.5 Å². The summed E-state index contributed by atoms with van der Waals surface area (Å²) >= 11 is 6.86. The van der Waals surface area contributed by atoms with E-state index in [9.17, 15) is 0 Å². The standard InChI is InChI=1S/C18H18N4S2/c1-12-7-6-10-15(13(12)2)19-17(23)21-22-18-20-16(11-24-18)14-8-4-3-5-9-14/h3-11H,1-2H3,(H,20,22)(H2,19,21,23). The van der Waals surface area contributed by atoms with Crippen molar-refractivity contribution in [2.45, 2.75) is 13.8 Å². The molecule has 0 spiro atoms. The Balaban J connectivity index is 1.59. The van der Waals surface area contributed by atoms with Crippen LogP contribution in [0.3, 0.4) is 0 Å². The van der Waals surface area contributed by atoms with Crippen molar-refractivity contribution in [1.29, 1.82) is 0 Å². The van der Waals surface area contributed by atoms with Crippen molar-refractivity contribution in [2.24, 2.45) is 0 Å². The fraction of sp³-hybridized carbons (Fsp3) is 0.111. The van der Waals surface area contributed by atoms with E-state index in [1.807, 2.05) is 47.8 Å². The van der Waals surface area contributed by atoms with E-state index in [0.29, 0.717) is 5.11 Å². The highest BCUT2D eigenvalue weighted by atomic mass is 32.1. The lowest BCUT2D eigenvalue weighted by Crippen LogP contribution is -2.33. The van der Waals surface area contributed by atoms with Crippen molar-refractivity contribution < 1.29 is 0 Å². The molecule has 24 heavy (non-hydrogen) atoms. The van der Waals surface area contributed by atoms with Crippen LogP contribution in [0.2, 0.25) is 0 Å². The van der Waals surface area contributed by atoms with Gasteiger partial charge >= 0.3 is 0 Å². The Morgan fingerprint density at radius 1 is 1.04 bits per heavy atom. The summed E-state index contributed by atoms with van der Waals surface area (Å²) in [6.45, 7) is 4.15. The van der Waals surface area contributed by atoms with Gasteiger partial charge in [0.2, 0.25) is 5.13 Å². The third kappa shape index (κ3) is 3.90. The van der Waals surface area contributed by atoms with Gasteiger partial charge in [-0.25, -0.2) is 4.98 Å². The Morgan fingerprint density at radius 2 is 1.83 bits per heavy atom. The number of hydrogen-bond acceptors (Lipinski definition) is 4. The fourth-order valence-corrected chi connectivity index (χ4v) is 3.06. The number of aryl methyl sites for hydroxylation is 1. The molecule has 0 aliphatic heterocycles. The molecule has 0 amide bonds. The van der Waals surface area contributed by atoms with Gasteiger partial charge in [0.25, 0.3) is 0 Å². The average Bonchev–Trinajstić information content (AvgIpc) is 3.07. The number of hydrazine groups is 1. The molecule has 3 aromatic rings. The molecule has 0 atom stereocenters. The minimum Gasteiger partial charge on any atom is -0.331 e. The second-order valence-corrected chi connectivity index (χ2v) is 6.62. The molecule has 0 unspecified atom stereocenters. The van der Waals surface area contributed by atoms with E-state index < -0.39 is 0 Å². The van der Waals surface area contributed by atoms with E-state index in [0.717, 1.165) is 22.1 Å². The van der Waals surface area contributed by atoms with Gasteiger partial charge in [-0.3, -0.25) is 10.9 Å². The zero-order valence-electron chi connectivity index (χ0n) is 13.5. The molecule has 3 N–H and O–H groups in total. The van der Waals surface area contributed by atoms with Crippen LogP contribution in [0, 0.1) is 13.8 Å². The smallest absolute Gasteiger partial charge is 0.202 e. The molecule has 0 bridgehead atoms. The maximum atomic E-state index is 5.33. The van der Waals surface area contributed by atoms with Crippen LogP contribution in [0.5, 0.6) is 0 Å². The highest BCUT2D eigenvalue weighted by Crippen LogP contribution is 2.24. The summed E-state index contributed by atoms with van der Waals surface area (Å²) < 4.78 is 0. The number of thiocarbonyl (C=S) groups is 1. The number of benzene rings is 2. The Morgan fingerprint density at radius 3 is 2.62 bits per heavy atom. The van der Waals surface area contributed by atoms with Crippen LogP contribution in [0.25, 0.3) is 11.3 Å². The first-order valence-electron chi connectivity index (χ1n) is 7.53. The molecule has 6 heteroatoms. The summed E-state index contributed by atoms with van der Waals surface area (Å²) in [7, 11) is 0. The molecular formula is C18H18N4S2. The lowest BCUT2D eigenvalue weighted by molar-refractivity contribution is 1.12. The molecule has 2 aromatic carbocycles. The number of hydrogen-bond donors (Lipinski definition) is 3. The summed E-state index contributed by atoms with van der Waals surface area (Å²) in [5.41, 5.74) is 11.5. The first-order valence-corrected chi connectivity index (χ1v) is 8.82. The van der Waals surface area contributed by atoms with Gasteiger partial charge in [-0.15, -0.1) is 11.3 Å². The second-order valence-electron chi connectivity index (χ2n) is 5.36. The minimum absolute atomic E-state index is 0.500. The molecule has 3 rings (SSSR count). The van der Waals surface area contributed by atoms with Crippen LogP contribution in [-0.4, -0.2) is 10.1 Å². The number of nitrogens with one attached hydrogen (secondary N) is 3. The van der Waals surface area contributed by atoms with Crippen LogP contribution in [0.1, 0.15) is 11.1 Å². The van der Waals surface area contributed by atoms with Crippen molar-refractivity contribution >= 4 is 39.5 Å². The summed E-state index contributed by atoms with van der Waals surface area (Å²) in [5, 5.41) is 6.47. The predicted octanol–water partition coefficient (Wildman–Crippen LogP) is 4.74. The minimum atomic E-state index is 0.500. The van der Waals surface area contributed by atoms with Crippen LogP contribution in [-0.2, 0) is 0 Å². The number of rotatable bonds is 4. The van der Waals surface area contributed by atoms with Crippen LogP contribution in [0.4, 0.5) is 10.8 Å². The molecule has 0 saturated heterocycles. The summed E-state index contributed by atoms with van der Waals surface area (Å²) in [4.78, 5) is 4.55. The summed E-state index contributed by atoms with van der Waals surface area (Å²) in [6, 6.07) is 16.2. The molecule has 0 fully saturated rings. The van der Waals surface area contributed by atoms with Crippen LogP contribution >= 0.6 is 23.6 Å². The van der Waals surface area contributed by atoms with E-state index in [-0.39, 0.29) is 0 Å². The van der Waals surface area contributed by atoms with Gasteiger partial charge in [0, 0.05) is 16.6 Å². The number of thiazole rings is 1. The topological polar surface area (TPSA) is 49.0 Å². The van der Waals surface area contributed by atoms with E-state index in [1.165, 1.54) is 22.5 Å². The van der Waals surface area contributed by atoms with Gasteiger partial charge in [0.1, 0.15) is 0 Å². The average molecular weight is 355 g/mol. The zero-order valence-corrected chi connectivity index (χ0v) is 15.1. The van der Waals surface area contributed by atoms with E-state index in [1.54, 1.807) is 0 Å². The largest absolute Gasteiger partial charge is 0.331 e. The lowest BCUT2D eigenvalue weighted by Gasteiger charge is -2.13. The van der Waals surface area contributed by atoms with Gasteiger partial charge in [0.15, 0.2) is 5.11 Å². The summed E-state index contributed by atoms with van der Waals surface area (Å²) in [6.07, 6.45) is 0. The molecular weight excluding hydrogens is 336 g/mol. The molecule has 1 heterocycles. The van der Waals surface area contributed by atoms with Crippen molar-refractivity contribution in [3.05, 3.63) is 65.0 Å². The Kier molecular flexibility index (Phi) is 5.08. The van der Waals surface area contributed by atoms with Gasteiger partial charge in [0.05, 0.1) is 5.69 Å². The highest BCUT2D eigenvalue weighted by molar-refractivity contribution is 7.80. The fourth-order valence-electron chi connectivity index (χ4n) is 2.22. The van der Waals surface area contributed by atoms with Crippen LogP contribution < -0.4 is 16.2 Å². The number of nitrogens with zero attached hydrogens (tertiary/aromatic N) is 1. The predicted molar refractivity (Wildman–Crippen MR) is 106 cm³/mol. The first-order chi connectivity index (χ1) is 11.6. The zero-order chi connectivity index (χ0) is 16.9. The molecule has 0 aliphatic rings. The molecule has 0 radical (unpaired) electrons. The third-order valence-electron chi connectivity index (χ3n) is 3.71. The first kappa shape index (κ1) is 16.4. The molecule has 0 aliphatic carbocycles. The molecule has 4 nitrogen and oxygen atoms in total. The van der Waals surface area contributed by atoms with Crippen molar-refractivity contribution in [2.75, 3.05) is 10.7 Å². The molecule has 0 saturated carbocycles. The van der Waals surface area contributed by atoms with E-state index in [4.69, 9.17) is 12.2 Å². The van der Waals surface area contributed by atoms with E-state index in [2.05, 4.69) is 41.1 Å². The van der Waals surface area contributed by atoms with Gasteiger partial charge in [-0.05, 0) is 43.3 Å². The Bertz CT molecular complexity index is 843. The summed E-state index contributed by atoms with van der Waals surface area (Å²) in [5.74, 6) is 0. The normalized spacial score (nSPS) is 10.2. The van der Waals surface area contributed by atoms with Gasteiger partial charge in [-0.2, -0.15) is 0 Å². The lowest BCUT2D eigenvalue weighted by atomic mass is 10.1. The number of anilines is 2. The monoisotopic (exact) mass is 354 g/mol. The quantitative estimate of drug-likeness (QED) is 0.467. The SMILES string of the molecule is Cc1cccc(NC(=S)NNc2nc(-c3ccccc3)cs2)c1C.